The second kappa shape index (κ2) is 26.0. The van der Waals surface area contributed by atoms with Crippen molar-refractivity contribution in [2.75, 3.05) is 9.80 Å². The van der Waals surface area contributed by atoms with E-state index in [0.717, 1.165) is 58.3 Å². The number of amides is 4. The summed E-state index contributed by atoms with van der Waals surface area (Å²) in [5.41, 5.74) is 2.58. The fraction of sp³-hybridized carbons (Fsp3) is 0.211. The van der Waals surface area contributed by atoms with Crippen LogP contribution < -0.4 is 28.7 Å². The Morgan fingerprint density at radius 1 is 0.294 bits per heavy atom. The van der Waals surface area contributed by atoms with Crippen LogP contribution in [0.1, 0.15) is 119 Å². The first-order chi connectivity index (χ1) is 48.0. The fourth-order valence-electron chi connectivity index (χ4n) is 13.7. The van der Waals surface area contributed by atoms with Crippen molar-refractivity contribution in [1.82, 2.24) is 0 Å². The van der Waals surface area contributed by atoms with Crippen LogP contribution in [0.2, 0.25) is 0 Å². The van der Waals surface area contributed by atoms with Gasteiger partial charge in [-0.25, -0.2) is 9.80 Å². The molecular weight excluding hydrogens is 1390 g/mol. The Kier molecular flexibility index (Phi) is 17.9. The normalized spacial score (nSPS) is 13.8. The van der Waals surface area contributed by atoms with Crippen LogP contribution in [0.25, 0.3) is 43.1 Å². The summed E-state index contributed by atoms with van der Waals surface area (Å²) in [6.07, 6.45) is 1.61. The zero-order valence-electron chi connectivity index (χ0n) is 56.0. The standard InChI is InChI=1S/C76H66N2O20S4/c1-39(2)31-43-11-9-12-44(32-40(3)4)71(43)77-73(79)55-35-59(95-47-15-23-51(24-16-47)99(83,84)85)65-67-61(97-49-19-27-53(28-20-49)101(89,90)91)37-57-64-58(76(82)78(75(57)81)72-45(33-41(5)6)13-10-14-46(72)34-42(7)8)38-62(98-50-21-29-54(30-22-50)102(92,93)94)68(70(64)67)66-60(36-56(74(77)80)63(55)69(65)66)96-48-17-25-52(26-18-48)100(86,87)88/h9-30,35-42H,31-34H2,1-8H3,(H,83,84,85)(H,86,87,88)(H,89,90,91)(H,92,93,94). The van der Waals surface area contributed by atoms with Crippen LogP contribution in [0.3, 0.4) is 0 Å². The summed E-state index contributed by atoms with van der Waals surface area (Å²) in [5, 5.41) is -0.379. The average Bonchev–Trinajstić information content (AvgIpc) is 0.671. The number of benzene rings is 11. The molecule has 0 saturated carbocycles. The van der Waals surface area contributed by atoms with Gasteiger partial charge in [-0.3, -0.25) is 37.4 Å². The van der Waals surface area contributed by atoms with E-state index in [1.807, 2.05) is 91.8 Å². The molecule has 0 aromatic heterocycles. The third kappa shape index (κ3) is 13.0. The smallest absolute Gasteiger partial charge is 0.294 e. The van der Waals surface area contributed by atoms with Gasteiger partial charge >= 0.3 is 0 Å². The number of fused-ring (bicyclic) bond motifs is 2. The number of imide groups is 2. The van der Waals surface area contributed by atoms with Gasteiger partial charge < -0.3 is 18.9 Å². The topological polar surface area (TPSA) is 329 Å². The van der Waals surface area contributed by atoms with E-state index in [-0.39, 0.29) is 135 Å². The minimum atomic E-state index is -4.81. The molecule has 26 heteroatoms. The molecule has 11 aromatic carbocycles. The van der Waals surface area contributed by atoms with Gasteiger partial charge in [-0.2, -0.15) is 33.7 Å². The van der Waals surface area contributed by atoms with Crippen molar-refractivity contribution in [1.29, 1.82) is 0 Å². The number of anilines is 2. The van der Waals surface area contributed by atoms with Crippen LogP contribution in [0.5, 0.6) is 46.0 Å². The molecule has 4 N–H and O–H groups in total. The zero-order valence-corrected chi connectivity index (χ0v) is 59.3. The Bertz CT molecular complexity index is 5140. The highest BCUT2D eigenvalue weighted by atomic mass is 32.2. The molecule has 0 aliphatic carbocycles. The predicted octanol–water partition coefficient (Wildman–Crippen LogP) is 16.3. The van der Waals surface area contributed by atoms with E-state index < -0.39 is 83.7 Å². The number of nitrogens with zero attached hydrogens (tertiary/aromatic N) is 2. The van der Waals surface area contributed by atoms with Gasteiger partial charge in [-0.05, 0) is 193 Å². The molecule has 4 amide bonds. The summed E-state index contributed by atoms with van der Waals surface area (Å²) in [6.45, 7) is 15.9. The molecule has 0 spiro atoms. The minimum absolute atomic E-state index is 0.00105. The Labute approximate surface area is 587 Å². The van der Waals surface area contributed by atoms with Crippen LogP contribution in [0, 0.1) is 23.7 Å². The van der Waals surface area contributed by atoms with Crippen molar-refractivity contribution >= 4 is 119 Å². The first-order valence-corrected chi connectivity index (χ1v) is 38.2. The molecule has 0 radical (unpaired) electrons. The van der Waals surface area contributed by atoms with Gasteiger partial charge in [-0.1, -0.05) is 91.8 Å². The van der Waals surface area contributed by atoms with Gasteiger partial charge in [0.1, 0.15) is 46.0 Å². The van der Waals surface area contributed by atoms with Gasteiger partial charge in [0.05, 0.1) is 53.2 Å². The van der Waals surface area contributed by atoms with E-state index in [1.165, 1.54) is 72.8 Å². The van der Waals surface area contributed by atoms with E-state index >= 15 is 19.2 Å². The molecule has 102 heavy (non-hydrogen) atoms. The molecule has 2 aliphatic heterocycles. The number of hydrogen-bond acceptors (Lipinski definition) is 16. The molecule has 11 aromatic rings. The van der Waals surface area contributed by atoms with Crippen LogP contribution in [-0.4, -0.2) is 75.5 Å². The summed E-state index contributed by atoms with van der Waals surface area (Å²) < 4.78 is 169. The number of hydrogen-bond donors (Lipinski definition) is 4. The third-order valence-electron chi connectivity index (χ3n) is 17.7. The first-order valence-electron chi connectivity index (χ1n) is 32.4. The molecule has 22 nitrogen and oxygen atoms in total. The lowest BCUT2D eigenvalue weighted by Crippen LogP contribution is -2.42. The predicted molar refractivity (Wildman–Crippen MR) is 382 cm³/mol. The Morgan fingerprint density at radius 3 is 0.667 bits per heavy atom. The van der Waals surface area contributed by atoms with Crippen molar-refractivity contribution in [3.05, 3.63) is 202 Å². The molecular formula is C76H66N2O20S4. The lowest BCUT2D eigenvalue weighted by atomic mass is 9.80. The van der Waals surface area contributed by atoms with Gasteiger partial charge in [0.25, 0.3) is 64.1 Å². The van der Waals surface area contributed by atoms with Gasteiger partial charge in [-0.15, -0.1) is 0 Å². The molecule has 524 valence electrons. The molecule has 0 bridgehead atoms. The summed E-state index contributed by atoms with van der Waals surface area (Å²) in [7, 11) is -19.2. The van der Waals surface area contributed by atoms with Crippen LogP contribution in [-0.2, 0) is 66.2 Å². The van der Waals surface area contributed by atoms with Crippen molar-refractivity contribution in [3.63, 3.8) is 0 Å². The van der Waals surface area contributed by atoms with Crippen molar-refractivity contribution < 1.29 is 90.0 Å². The lowest BCUT2D eigenvalue weighted by Gasteiger charge is -2.34. The lowest BCUT2D eigenvalue weighted by molar-refractivity contribution is 0.0877. The number of carbonyl (C=O) groups excluding carboxylic acids is 4. The summed E-state index contributed by atoms with van der Waals surface area (Å²) in [4.78, 5) is 65.8. The van der Waals surface area contributed by atoms with E-state index in [4.69, 9.17) is 18.9 Å². The third-order valence-corrected chi connectivity index (χ3v) is 21.1. The van der Waals surface area contributed by atoms with Crippen molar-refractivity contribution in [3.8, 4) is 46.0 Å². The van der Waals surface area contributed by atoms with E-state index in [1.54, 1.807) is 0 Å². The fourth-order valence-corrected chi connectivity index (χ4v) is 15.7. The van der Waals surface area contributed by atoms with Crippen LogP contribution in [0.4, 0.5) is 11.4 Å². The second-order valence-corrected chi connectivity index (χ2v) is 32.7. The average molecular weight is 1460 g/mol. The van der Waals surface area contributed by atoms with Gasteiger partial charge in [0.15, 0.2) is 0 Å². The highest BCUT2D eigenvalue weighted by Gasteiger charge is 2.44. The zero-order chi connectivity index (χ0) is 73.1. The molecule has 13 rings (SSSR count). The number of carbonyl (C=O) groups is 4. The van der Waals surface area contributed by atoms with E-state index in [0.29, 0.717) is 59.3 Å². The molecule has 2 heterocycles. The molecule has 0 saturated heterocycles. The summed E-state index contributed by atoms with van der Waals surface area (Å²) in [5.74, 6) is -4.77. The SMILES string of the molecule is CC(C)Cc1cccc(CC(C)C)c1N1C(=O)c2cc(Oc3ccc(S(=O)(=O)O)cc3)c3c4c(Oc5ccc(S(=O)(=O)O)cc5)cc5c6c(cc(Oc7ccc(S(=O)(=O)O)cc7)c(c7c(Oc8ccc(S(=O)(=O)O)cc8)cc(c2c37)C1=O)c64)C(=O)N(c1c(CC(C)C)cccc1CC(C)C)C5=O. The monoisotopic (exact) mass is 1450 g/mol. The van der Waals surface area contributed by atoms with Crippen molar-refractivity contribution in [2.24, 2.45) is 23.7 Å². The molecule has 0 fully saturated rings. The number of rotatable bonds is 22. The Hall–Kier alpha value is -10.2. The first kappa shape index (κ1) is 70.3. The Balaban J connectivity index is 1.26. The highest BCUT2D eigenvalue weighted by Crippen LogP contribution is 2.59. The van der Waals surface area contributed by atoms with Crippen LogP contribution in [0.15, 0.2) is 177 Å². The maximum atomic E-state index is 16.4. The maximum Gasteiger partial charge on any atom is 0.294 e. The minimum Gasteiger partial charge on any atom is -0.457 e. The summed E-state index contributed by atoms with van der Waals surface area (Å²) >= 11 is 0. The van der Waals surface area contributed by atoms with Gasteiger partial charge in [0.2, 0.25) is 0 Å². The highest BCUT2D eigenvalue weighted by molar-refractivity contribution is 7.86. The van der Waals surface area contributed by atoms with E-state index in [9.17, 15) is 51.9 Å². The van der Waals surface area contributed by atoms with Gasteiger partial charge in [0, 0.05) is 43.1 Å². The number of ether oxygens (including phenoxy) is 4. The van der Waals surface area contributed by atoms with Crippen LogP contribution >= 0.6 is 0 Å². The maximum absolute atomic E-state index is 16.4. The molecule has 0 atom stereocenters. The molecule has 0 unspecified atom stereocenters. The Morgan fingerprint density at radius 2 is 0.490 bits per heavy atom. The largest absolute Gasteiger partial charge is 0.457 e. The number of para-hydroxylation sites is 2. The summed E-state index contributed by atoms with van der Waals surface area (Å²) in [6, 6.07) is 34.8. The molecule has 2 aliphatic rings. The van der Waals surface area contributed by atoms with E-state index in [2.05, 4.69) is 0 Å². The quantitative estimate of drug-likeness (QED) is 0.0212. The second-order valence-electron chi connectivity index (χ2n) is 27.0. The van der Waals surface area contributed by atoms with Crippen molar-refractivity contribution in [2.45, 2.75) is 101 Å².